The van der Waals surface area contributed by atoms with Gasteiger partial charge in [-0.25, -0.2) is 13.6 Å². The lowest BCUT2D eigenvalue weighted by atomic mass is 10.2. The molecule has 0 aromatic heterocycles. The molecule has 8 heteroatoms. The normalized spacial score (nSPS) is 11.4. The van der Waals surface area contributed by atoms with E-state index in [2.05, 4.69) is 21.2 Å². The summed E-state index contributed by atoms with van der Waals surface area (Å²) in [5.74, 6) is 1.28. The zero-order valence-electron chi connectivity index (χ0n) is 11.5. The molecule has 0 aliphatic carbocycles. The first-order chi connectivity index (χ1) is 9.37. The van der Waals surface area contributed by atoms with E-state index in [1.54, 1.807) is 14.2 Å². The van der Waals surface area contributed by atoms with E-state index in [9.17, 15) is 8.42 Å². The van der Waals surface area contributed by atoms with Crippen molar-refractivity contribution < 1.29 is 17.9 Å². The number of rotatable bonds is 8. The van der Waals surface area contributed by atoms with Crippen LogP contribution in [-0.2, 0) is 16.6 Å². The summed E-state index contributed by atoms with van der Waals surface area (Å²) in [5.41, 5.74) is 0.998. The first-order valence-corrected chi connectivity index (χ1v) is 8.50. The summed E-state index contributed by atoms with van der Waals surface area (Å²) in [6, 6.07) is 3.70. The molecular formula is C12H19BrN2O4S. The molecule has 0 amide bonds. The summed E-state index contributed by atoms with van der Waals surface area (Å²) in [6.45, 7) is 1.16. The molecule has 0 unspecified atom stereocenters. The van der Waals surface area contributed by atoms with Crippen molar-refractivity contribution in [2.45, 2.75) is 13.0 Å². The van der Waals surface area contributed by atoms with E-state index in [-0.39, 0.29) is 5.75 Å². The van der Waals surface area contributed by atoms with Crippen LogP contribution >= 0.6 is 15.9 Å². The molecule has 0 heterocycles. The maximum absolute atomic E-state index is 10.8. The summed E-state index contributed by atoms with van der Waals surface area (Å²) in [5, 5.41) is 8.09. The molecule has 0 saturated carbocycles. The van der Waals surface area contributed by atoms with E-state index in [0.717, 1.165) is 10.0 Å². The number of hydrogen-bond donors (Lipinski definition) is 2. The monoisotopic (exact) mass is 366 g/mol. The Morgan fingerprint density at radius 3 is 2.40 bits per heavy atom. The fourth-order valence-electron chi connectivity index (χ4n) is 1.65. The minimum atomic E-state index is -3.38. The summed E-state index contributed by atoms with van der Waals surface area (Å²) >= 11 is 3.46. The van der Waals surface area contributed by atoms with Crippen LogP contribution in [-0.4, -0.2) is 34.9 Å². The lowest BCUT2D eigenvalue weighted by molar-refractivity contribution is 0.354. The third-order valence-corrected chi connectivity index (χ3v) is 4.25. The van der Waals surface area contributed by atoms with E-state index in [1.165, 1.54) is 0 Å². The van der Waals surface area contributed by atoms with Crippen molar-refractivity contribution in [3.63, 3.8) is 0 Å². The Hall–Kier alpha value is -0.830. The molecule has 0 radical (unpaired) electrons. The van der Waals surface area contributed by atoms with Crippen LogP contribution in [0.2, 0.25) is 0 Å². The Bertz CT molecular complexity index is 549. The molecule has 3 N–H and O–H groups in total. The molecule has 6 nitrogen and oxygen atoms in total. The number of primary sulfonamides is 1. The van der Waals surface area contributed by atoms with E-state index in [0.29, 0.717) is 31.0 Å². The summed E-state index contributed by atoms with van der Waals surface area (Å²) in [6.07, 6.45) is 0.476. The predicted molar refractivity (Wildman–Crippen MR) is 81.5 cm³/mol. The number of hydrogen-bond acceptors (Lipinski definition) is 5. The van der Waals surface area contributed by atoms with Gasteiger partial charge >= 0.3 is 0 Å². The van der Waals surface area contributed by atoms with Crippen LogP contribution in [0.15, 0.2) is 16.6 Å². The van der Waals surface area contributed by atoms with Gasteiger partial charge in [0.1, 0.15) is 0 Å². The molecule has 1 rings (SSSR count). The molecule has 0 fully saturated rings. The zero-order chi connectivity index (χ0) is 15.2. The standard InChI is InChI=1S/C12H19BrN2O4S/c1-18-11-6-9(10(13)7-12(11)19-2)8-15-4-3-5-20(14,16)17/h6-7,15H,3-5,8H2,1-2H3,(H2,14,16,17). The fourth-order valence-corrected chi connectivity index (χ4v) is 2.66. The number of nitrogens with one attached hydrogen (secondary N) is 1. The first-order valence-electron chi connectivity index (χ1n) is 5.99. The Balaban J connectivity index is 2.56. The van der Waals surface area contributed by atoms with E-state index < -0.39 is 10.0 Å². The minimum absolute atomic E-state index is 0.0207. The third-order valence-electron chi connectivity index (χ3n) is 2.65. The number of ether oxygens (including phenoxy) is 2. The Kier molecular flexibility index (Phi) is 6.74. The Morgan fingerprint density at radius 2 is 1.85 bits per heavy atom. The van der Waals surface area contributed by atoms with Gasteiger partial charge in [-0.1, -0.05) is 15.9 Å². The van der Waals surface area contributed by atoms with Crippen LogP contribution in [0, 0.1) is 0 Å². The average molecular weight is 367 g/mol. The van der Waals surface area contributed by atoms with Crippen molar-refractivity contribution in [1.82, 2.24) is 5.32 Å². The number of nitrogens with two attached hydrogens (primary N) is 1. The van der Waals surface area contributed by atoms with Gasteiger partial charge < -0.3 is 14.8 Å². The molecular weight excluding hydrogens is 348 g/mol. The van der Waals surface area contributed by atoms with Crippen molar-refractivity contribution in [2.24, 2.45) is 5.14 Å². The number of methoxy groups -OCH3 is 2. The van der Waals surface area contributed by atoms with Gasteiger partial charge in [0.25, 0.3) is 0 Å². The van der Waals surface area contributed by atoms with Crippen LogP contribution in [0.25, 0.3) is 0 Å². The van der Waals surface area contributed by atoms with Crippen molar-refractivity contribution in [3.05, 3.63) is 22.2 Å². The SMILES string of the molecule is COc1cc(Br)c(CNCCCS(N)(=O)=O)cc1OC. The van der Waals surface area contributed by atoms with Crippen molar-refractivity contribution in [2.75, 3.05) is 26.5 Å². The summed E-state index contributed by atoms with van der Waals surface area (Å²) < 4.78 is 32.9. The van der Waals surface area contributed by atoms with Crippen LogP contribution in [0.1, 0.15) is 12.0 Å². The summed E-state index contributed by atoms with van der Waals surface area (Å²) in [4.78, 5) is 0. The number of sulfonamides is 1. The largest absolute Gasteiger partial charge is 0.493 e. The topological polar surface area (TPSA) is 90.6 Å². The lowest BCUT2D eigenvalue weighted by Gasteiger charge is -2.12. The van der Waals surface area contributed by atoms with Gasteiger partial charge in [-0.3, -0.25) is 0 Å². The number of benzene rings is 1. The second-order valence-electron chi connectivity index (χ2n) is 4.20. The molecule has 0 bridgehead atoms. The van der Waals surface area contributed by atoms with E-state index in [1.807, 2.05) is 12.1 Å². The molecule has 114 valence electrons. The molecule has 0 aliphatic rings. The Morgan fingerprint density at radius 1 is 1.25 bits per heavy atom. The maximum Gasteiger partial charge on any atom is 0.209 e. The molecule has 0 atom stereocenters. The highest BCUT2D eigenvalue weighted by Crippen LogP contribution is 2.33. The molecule has 0 spiro atoms. The highest BCUT2D eigenvalue weighted by atomic mass is 79.9. The smallest absolute Gasteiger partial charge is 0.209 e. The van der Waals surface area contributed by atoms with Gasteiger partial charge in [-0.15, -0.1) is 0 Å². The molecule has 1 aromatic rings. The van der Waals surface area contributed by atoms with Gasteiger partial charge in [0.15, 0.2) is 11.5 Å². The minimum Gasteiger partial charge on any atom is -0.493 e. The van der Waals surface area contributed by atoms with Gasteiger partial charge in [-0.2, -0.15) is 0 Å². The fraction of sp³-hybridized carbons (Fsp3) is 0.500. The zero-order valence-corrected chi connectivity index (χ0v) is 13.9. The van der Waals surface area contributed by atoms with Crippen molar-refractivity contribution >= 4 is 26.0 Å². The predicted octanol–water partition coefficient (Wildman–Crippen LogP) is 1.23. The lowest BCUT2D eigenvalue weighted by Crippen LogP contribution is -2.22. The molecule has 20 heavy (non-hydrogen) atoms. The average Bonchev–Trinajstić information content (AvgIpc) is 2.38. The Labute approximate surface area is 127 Å². The van der Waals surface area contributed by atoms with Gasteiger partial charge in [0.2, 0.25) is 10.0 Å². The highest BCUT2D eigenvalue weighted by molar-refractivity contribution is 9.10. The maximum atomic E-state index is 10.8. The quantitative estimate of drug-likeness (QED) is 0.675. The van der Waals surface area contributed by atoms with E-state index >= 15 is 0 Å². The first kappa shape index (κ1) is 17.2. The van der Waals surface area contributed by atoms with Crippen LogP contribution < -0.4 is 19.9 Å². The second kappa shape index (κ2) is 7.82. The molecule has 0 saturated heterocycles. The molecule has 0 aliphatic heterocycles. The van der Waals surface area contributed by atoms with Crippen LogP contribution in [0.5, 0.6) is 11.5 Å². The highest BCUT2D eigenvalue weighted by Gasteiger charge is 2.09. The van der Waals surface area contributed by atoms with Crippen LogP contribution in [0.4, 0.5) is 0 Å². The van der Waals surface area contributed by atoms with Crippen LogP contribution in [0.3, 0.4) is 0 Å². The molecule has 1 aromatic carbocycles. The second-order valence-corrected chi connectivity index (χ2v) is 6.78. The van der Waals surface area contributed by atoms with Gasteiger partial charge in [0, 0.05) is 11.0 Å². The number of halogens is 1. The van der Waals surface area contributed by atoms with Gasteiger partial charge in [0.05, 0.1) is 20.0 Å². The van der Waals surface area contributed by atoms with E-state index in [4.69, 9.17) is 14.6 Å². The van der Waals surface area contributed by atoms with Crippen molar-refractivity contribution in [3.8, 4) is 11.5 Å². The van der Waals surface area contributed by atoms with Crippen molar-refractivity contribution in [1.29, 1.82) is 0 Å². The summed E-state index contributed by atoms with van der Waals surface area (Å²) in [7, 11) is -0.226. The van der Waals surface area contributed by atoms with Gasteiger partial charge in [-0.05, 0) is 30.7 Å². The third kappa shape index (κ3) is 5.66.